The number of benzene rings is 3. The van der Waals surface area contributed by atoms with Gasteiger partial charge in [-0.05, 0) is 96.5 Å². The van der Waals surface area contributed by atoms with Gasteiger partial charge in [0.25, 0.3) is 0 Å². The first-order chi connectivity index (χ1) is 19.2. The van der Waals surface area contributed by atoms with Crippen molar-refractivity contribution in [3.05, 3.63) is 82.9 Å². The van der Waals surface area contributed by atoms with Crippen LogP contribution in [-0.4, -0.2) is 0 Å². The Bertz CT molecular complexity index is 1160. The summed E-state index contributed by atoms with van der Waals surface area (Å²) in [5.74, 6) is 8.54. The third-order valence-corrected chi connectivity index (χ3v) is 9.02. The van der Waals surface area contributed by atoms with Gasteiger partial charge in [0.1, 0.15) is 0 Å². The van der Waals surface area contributed by atoms with Crippen molar-refractivity contribution in [3.63, 3.8) is 0 Å². The van der Waals surface area contributed by atoms with Crippen molar-refractivity contribution >= 4 is 10.8 Å². The molecule has 1 saturated carbocycles. The molecule has 0 heteroatoms. The van der Waals surface area contributed by atoms with Gasteiger partial charge in [-0.2, -0.15) is 0 Å². The fourth-order valence-electron chi connectivity index (χ4n) is 6.44. The Hall–Kier alpha value is -2.52. The molecular weight excluding hydrogens is 468 g/mol. The largest absolute Gasteiger partial charge is 0.0654 e. The van der Waals surface area contributed by atoms with Gasteiger partial charge >= 0.3 is 0 Å². The molecule has 0 amide bonds. The third-order valence-electron chi connectivity index (χ3n) is 9.02. The molecule has 1 fully saturated rings. The van der Waals surface area contributed by atoms with E-state index in [1.807, 2.05) is 0 Å². The quantitative estimate of drug-likeness (QED) is 0.146. The molecule has 0 N–H and O–H groups in total. The lowest BCUT2D eigenvalue weighted by Crippen LogP contribution is -2.13. The lowest BCUT2D eigenvalue weighted by molar-refractivity contribution is 0.302. The maximum atomic E-state index is 3.41. The Morgan fingerprint density at radius 3 is 1.90 bits per heavy atom. The second-order valence-electron chi connectivity index (χ2n) is 12.2. The van der Waals surface area contributed by atoms with Gasteiger partial charge < -0.3 is 0 Å². The van der Waals surface area contributed by atoms with E-state index in [4.69, 9.17) is 0 Å². The van der Waals surface area contributed by atoms with Gasteiger partial charge in [-0.25, -0.2) is 0 Å². The summed E-state index contributed by atoms with van der Waals surface area (Å²) < 4.78 is 0. The van der Waals surface area contributed by atoms with Crippen molar-refractivity contribution < 1.29 is 0 Å². The summed E-state index contributed by atoms with van der Waals surface area (Å²) in [4.78, 5) is 0. The van der Waals surface area contributed by atoms with Crippen LogP contribution in [0, 0.1) is 17.8 Å². The monoisotopic (exact) mass is 520 g/mol. The van der Waals surface area contributed by atoms with Crippen LogP contribution in [0.2, 0.25) is 0 Å². The predicted octanol–water partition coefficient (Wildman–Crippen LogP) is 11.8. The second-order valence-corrected chi connectivity index (χ2v) is 12.2. The molecule has 0 heterocycles. The van der Waals surface area contributed by atoms with E-state index >= 15 is 0 Å². The Morgan fingerprint density at radius 1 is 0.564 bits per heavy atom. The van der Waals surface area contributed by atoms with E-state index in [1.54, 1.807) is 0 Å². The minimum atomic E-state index is 0.745. The van der Waals surface area contributed by atoms with Crippen molar-refractivity contribution in [1.29, 1.82) is 0 Å². The minimum Gasteiger partial charge on any atom is -0.0654 e. The maximum Gasteiger partial charge on any atom is 0.0255 e. The number of fused-ring (bicyclic) bond motifs is 1. The zero-order chi connectivity index (χ0) is 27.1. The van der Waals surface area contributed by atoms with E-state index in [2.05, 4.69) is 86.4 Å². The van der Waals surface area contributed by atoms with Crippen LogP contribution < -0.4 is 0 Å². The molecule has 1 aliphatic carbocycles. The topological polar surface area (TPSA) is 0 Å². The lowest BCUT2D eigenvalue weighted by Gasteiger charge is -2.29. The maximum absolute atomic E-state index is 3.41. The van der Waals surface area contributed by atoms with Gasteiger partial charge in [-0.15, -0.1) is 0 Å². The first-order valence-electron chi connectivity index (χ1n) is 16.4. The summed E-state index contributed by atoms with van der Waals surface area (Å²) in [7, 11) is 0. The SMILES string of the molecule is CCCCCCCCC1CCC(c2ccc(C#Cc3ccc4cc(CCCCCCC)ccc4c3)cc2)CC1. The van der Waals surface area contributed by atoms with Crippen molar-refractivity contribution in [2.45, 2.75) is 129 Å². The van der Waals surface area contributed by atoms with Gasteiger partial charge in [0.2, 0.25) is 0 Å². The molecule has 0 spiro atoms. The first kappa shape index (κ1) is 29.5. The van der Waals surface area contributed by atoms with E-state index in [9.17, 15) is 0 Å². The summed E-state index contributed by atoms with van der Waals surface area (Å²) in [6.07, 6.45) is 23.5. The highest BCUT2D eigenvalue weighted by Crippen LogP contribution is 2.37. The molecule has 0 nitrogen and oxygen atoms in total. The molecule has 0 unspecified atom stereocenters. The van der Waals surface area contributed by atoms with Crippen molar-refractivity contribution in [2.75, 3.05) is 0 Å². The molecule has 0 bridgehead atoms. The zero-order valence-electron chi connectivity index (χ0n) is 24.9. The van der Waals surface area contributed by atoms with Crippen LogP contribution in [0.25, 0.3) is 10.8 Å². The van der Waals surface area contributed by atoms with Gasteiger partial charge in [-0.1, -0.05) is 133 Å². The number of aryl methyl sites for hydroxylation is 1. The average Bonchev–Trinajstić information content (AvgIpc) is 2.98. The Kier molecular flexibility index (Phi) is 12.5. The number of hydrogen-bond acceptors (Lipinski definition) is 0. The molecule has 39 heavy (non-hydrogen) atoms. The molecule has 4 rings (SSSR count). The minimum absolute atomic E-state index is 0.745. The lowest BCUT2D eigenvalue weighted by atomic mass is 9.77. The van der Waals surface area contributed by atoms with E-state index < -0.39 is 0 Å². The summed E-state index contributed by atoms with van der Waals surface area (Å²) in [5.41, 5.74) is 5.20. The second kappa shape index (κ2) is 16.6. The van der Waals surface area contributed by atoms with Crippen LogP contribution in [0.3, 0.4) is 0 Å². The standard InChI is InChI=1S/C39H52/c1-3-5-7-9-11-12-14-32-18-24-36(25-19-32)37-26-20-33(21-27-37)16-17-35-23-29-38-30-34(22-28-39(38)31-35)15-13-10-8-6-4-2/h20-23,26-32,36H,3-15,18-19,24-25H2,1-2H3. The van der Waals surface area contributed by atoms with Crippen molar-refractivity contribution in [2.24, 2.45) is 5.92 Å². The van der Waals surface area contributed by atoms with Crippen molar-refractivity contribution in [1.82, 2.24) is 0 Å². The van der Waals surface area contributed by atoms with Gasteiger partial charge in [-0.3, -0.25) is 0 Å². The molecular formula is C39H52. The molecule has 208 valence electrons. The Morgan fingerprint density at radius 2 is 1.15 bits per heavy atom. The van der Waals surface area contributed by atoms with E-state index in [0.717, 1.165) is 23.0 Å². The van der Waals surface area contributed by atoms with Gasteiger partial charge in [0, 0.05) is 11.1 Å². The van der Waals surface area contributed by atoms with Crippen LogP contribution in [0.1, 0.15) is 145 Å². The van der Waals surface area contributed by atoms with Crippen LogP contribution in [0.5, 0.6) is 0 Å². The first-order valence-corrected chi connectivity index (χ1v) is 16.4. The van der Waals surface area contributed by atoms with Crippen molar-refractivity contribution in [3.8, 4) is 11.8 Å². The summed E-state index contributed by atoms with van der Waals surface area (Å²) in [5, 5.41) is 2.62. The number of rotatable bonds is 14. The van der Waals surface area contributed by atoms with Crippen LogP contribution in [-0.2, 0) is 6.42 Å². The highest BCUT2D eigenvalue weighted by atomic mass is 14.3. The fraction of sp³-hybridized carbons (Fsp3) is 0.538. The highest BCUT2D eigenvalue weighted by Gasteiger charge is 2.21. The molecule has 0 atom stereocenters. The molecule has 1 aliphatic rings. The van der Waals surface area contributed by atoms with E-state index in [-0.39, 0.29) is 0 Å². The van der Waals surface area contributed by atoms with E-state index in [0.29, 0.717) is 0 Å². The Balaban J connectivity index is 1.23. The van der Waals surface area contributed by atoms with Crippen LogP contribution >= 0.6 is 0 Å². The predicted molar refractivity (Wildman–Crippen MR) is 172 cm³/mol. The third kappa shape index (κ3) is 9.87. The fourth-order valence-corrected chi connectivity index (χ4v) is 6.44. The summed E-state index contributed by atoms with van der Waals surface area (Å²) in [6, 6.07) is 22.8. The summed E-state index contributed by atoms with van der Waals surface area (Å²) >= 11 is 0. The molecule has 0 saturated heterocycles. The van der Waals surface area contributed by atoms with Crippen LogP contribution in [0.15, 0.2) is 60.7 Å². The smallest absolute Gasteiger partial charge is 0.0255 e. The van der Waals surface area contributed by atoms with Crippen LogP contribution in [0.4, 0.5) is 0 Å². The molecule has 0 radical (unpaired) electrons. The summed E-state index contributed by atoms with van der Waals surface area (Å²) in [6.45, 7) is 4.58. The zero-order valence-corrected chi connectivity index (χ0v) is 24.9. The molecule has 3 aromatic rings. The average molecular weight is 521 g/mol. The highest BCUT2D eigenvalue weighted by molar-refractivity contribution is 5.84. The van der Waals surface area contributed by atoms with Gasteiger partial charge in [0.05, 0.1) is 0 Å². The molecule has 0 aromatic heterocycles. The Labute approximate surface area is 240 Å². The van der Waals surface area contributed by atoms with E-state index in [1.165, 1.54) is 131 Å². The number of hydrogen-bond donors (Lipinski definition) is 0. The molecule has 3 aromatic carbocycles. The normalized spacial score (nSPS) is 17.2. The number of unbranched alkanes of at least 4 members (excludes halogenated alkanes) is 9. The molecule has 0 aliphatic heterocycles. The van der Waals surface area contributed by atoms with Gasteiger partial charge in [0.15, 0.2) is 0 Å².